The monoisotopic (exact) mass is 304 g/mol. The van der Waals surface area contributed by atoms with E-state index in [4.69, 9.17) is 11.6 Å². The lowest BCUT2D eigenvalue weighted by molar-refractivity contribution is -0.133. The van der Waals surface area contributed by atoms with E-state index in [1.807, 2.05) is 0 Å². The molecule has 0 aliphatic rings. The number of hydrogen-bond acceptors (Lipinski definition) is 3. The molecule has 0 aliphatic carbocycles. The summed E-state index contributed by atoms with van der Waals surface area (Å²) in [7, 11) is 0. The second-order valence-corrected chi connectivity index (χ2v) is 4.87. The number of halogens is 1. The van der Waals surface area contributed by atoms with Gasteiger partial charge in [0.2, 0.25) is 0 Å². The third kappa shape index (κ3) is 3.97. The van der Waals surface area contributed by atoms with Crippen molar-refractivity contribution >= 4 is 34.8 Å². The van der Waals surface area contributed by atoms with Crippen LogP contribution in [0.5, 0.6) is 5.75 Å². The van der Waals surface area contributed by atoms with Crippen LogP contribution in [-0.2, 0) is 9.59 Å². The molecule has 0 aliphatic heterocycles. The van der Waals surface area contributed by atoms with E-state index in [0.29, 0.717) is 10.7 Å². The average molecular weight is 305 g/mol. The summed E-state index contributed by atoms with van der Waals surface area (Å²) in [6.45, 7) is 1.80. The SMILES string of the molecule is Cc1ccc(NC(=O)C(=O)Nc2ccc(Cl)cc2)c(O)c1. The maximum absolute atomic E-state index is 11.8. The Bertz CT molecular complexity index is 684. The third-order valence-electron chi connectivity index (χ3n) is 2.71. The van der Waals surface area contributed by atoms with Crippen molar-refractivity contribution in [2.45, 2.75) is 6.92 Å². The molecule has 2 aromatic rings. The molecule has 6 heteroatoms. The van der Waals surface area contributed by atoms with Gasteiger partial charge in [-0.2, -0.15) is 0 Å². The van der Waals surface area contributed by atoms with E-state index >= 15 is 0 Å². The molecule has 21 heavy (non-hydrogen) atoms. The highest BCUT2D eigenvalue weighted by Crippen LogP contribution is 2.23. The molecule has 0 aromatic heterocycles. The second kappa shape index (κ2) is 6.28. The number of nitrogens with one attached hydrogen (secondary N) is 2. The average Bonchev–Trinajstić information content (AvgIpc) is 2.44. The number of anilines is 2. The first kappa shape index (κ1) is 14.9. The minimum atomic E-state index is -0.871. The molecular weight excluding hydrogens is 292 g/mol. The molecule has 3 N–H and O–H groups in total. The van der Waals surface area contributed by atoms with E-state index in [1.165, 1.54) is 12.1 Å². The molecule has 0 atom stereocenters. The predicted molar refractivity (Wildman–Crippen MR) is 81.6 cm³/mol. The molecule has 0 spiro atoms. The summed E-state index contributed by atoms with van der Waals surface area (Å²) in [4.78, 5) is 23.5. The van der Waals surface area contributed by atoms with Crippen molar-refractivity contribution in [3.63, 3.8) is 0 Å². The van der Waals surface area contributed by atoms with Crippen LogP contribution < -0.4 is 10.6 Å². The maximum atomic E-state index is 11.8. The van der Waals surface area contributed by atoms with Crippen LogP contribution in [0.3, 0.4) is 0 Å². The number of benzene rings is 2. The van der Waals surface area contributed by atoms with Crippen molar-refractivity contribution in [2.75, 3.05) is 10.6 Å². The lowest BCUT2D eigenvalue weighted by atomic mass is 10.2. The zero-order valence-corrected chi connectivity index (χ0v) is 11.9. The van der Waals surface area contributed by atoms with E-state index < -0.39 is 11.8 Å². The van der Waals surface area contributed by atoms with Gasteiger partial charge in [-0.1, -0.05) is 17.7 Å². The molecule has 0 saturated heterocycles. The van der Waals surface area contributed by atoms with Gasteiger partial charge in [-0.25, -0.2) is 0 Å². The molecule has 108 valence electrons. The fourth-order valence-corrected chi connectivity index (χ4v) is 1.77. The van der Waals surface area contributed by atoms with Gasteiger partial charge in [0.1, 0.15) is 5.75 Å². The Kier molecular flexibility index (Phi) is 4.45. The molecular formula is C15H13ClN2O3. The zero-order valence-electron chi connectivity index (χ0n) is 11.2. The first-order chi connectivity index (χ1) is 9.95. The molecule has 0 bridgehead atoms. The van der Waals surface area contributed by atoms with Crippen LogP contribution in [0.2, 0.25) is 5.02 Å². The largest absolute Gasteiger partial charge is 0.506 e. The summed E-state index contributed by atoms with van der Waals surface area (Å²) in [5.41, 5.74) is 1.47. The molecule has 0 radical (unpaired) electrons. The van der Waals surface area contributed by atoms with Crippen LogP contribution in [0.15, 0.2) is 42.5 Å². The Balaban J connectivity index is 2.02. The van der Waals surface area contributed by atoms with Crippen LogP contribution in [0, 0.1) is 6.92 Å². The molecule has 2 rings (SSSR count). The number of carbonyl (C=O) groups excluding carboxylic acids is 2. The summed E-state index contributed by atoms with van der Waals surface area (Å²) in [6.07, 6.45) is 0. The third-order valence-corrected chi connectivity index (χ3v) is 2.96. The first-order valence-corrected chi connectivity index (χ1v) is 6.51. The minimum absolute atomic E-state index is 0.0948. The number of phenolic OH excluding ortho intramolecular Hbond substituents is 1. The van der Waals surface area contributed by atoms with Gasteiger partial charge in [-0.3, -0.25) is 9.59 Å². The van der Waals surface area contributed by atoms with Gasteiger partial charge in [0, 0.05) is 10.7 Å². The van der Waals surface area contributed by atoms with E-state index in [0.717, 1.165) is 5.56 Å². The summed E-state index contributed by atoms with van der Waals surface area (Å²) in [5, 5.41) is 15.0. The van der Waals surface area contributed by atoms with E-state index in [-0.39, 0.29) is 11.4 Å². The van der Waals surface area contributed by atoms with Crippen molar-refractivity contribution in [1.82, 2.24) is 0 Å². The van der Waals surface area contributed by atoms with Gasteiger partial charge in [0.05, 0.1) is 5.69 Å². The normalized spacial score (nSPS) is 10.0. The van der Waals surface area contributed by atoms with Crippen LogP contribution in [0.4, 0.5) is 11.4 Å². The second-order valence-electron chi connectivity index (χ2n) is 4.44. The Labute approximate surface area is 126 Å². The maximum Gasteiger partial charge on any atom is 0.314 e. The van der Waals surface area contributed by atoms with Gasteiger partial charge in [-0.05, 0) is 48.9 Å². The van der Waals surface area contributed by atoms with Gasteiger partial charge < -0.3 is 15.7 Å². The standard InChI is InChI=1S/C15H13ClN2O3/c1-9-2-7-12(13(19)8-9)18-15(21)14(20)17-11-5-3-10(16)4-6-11/h2-8,19H,1H3,(H,17,20)(H,18,21). The van der Waals surface area contributed by atoms with Crippen molar-refractivity contribution in [3.8, 4) is 5.75 Å². The molecule has 2 amide bonds. The van der Waals surface area contributed by atoms with Crippen LogP contribution in [0.25, 0.3) is 0 Å². The fraction of sp³-hybridized carbons (Fsp3) is 0.0667. The molecule has 5 nitrogen and oxygen atoms in total. The van der Waals surface area contributed by atoms with E-state index in [2.05, 4.69) is 10.6 Å². The summed E-state index contributed by atoms with van der Waals surface area (Å²) >= 11 is 5.73. The van der Waals surface area contributed by atoms with Crippen LogP contribution in [-0.4, -0.2) is 16.9 Å². The fourth-order valence-electron chi connectivity index (χ4n) is 1.65. The Morgan fingerprint density at radius 1 is 1.00 bits per heavy atom. The minimum Gasteiger partial charge on any atom is -0.506 e. The number of aryl methyl sites for hydroxylation is 1. The van der Waals surface area contributed by atoms with Crippen LogP contribution in [0.1, 0.15) is 5.56 Å². The van der Waals surface area contributed by atoms with E-state index in [1.54, 1.807) is 37.3 Å². The summed E-state index contributed by atoms with van der Waals surface area (Å²) < 4.78 is 0. The van der Waals surface area contributed by atoms with Crippen molar-refractivity contribution in [1.29, 1.82) is 0 Å². The lowest BCUT2D eigenvalue weighted by Gasteiger charge is -2.08. The van der Waals surface area contributed by atoms with Gasteiger partial charge in [0.25, 0.3) is 0 Å². The number of rotatable bonds is 2. The lowest BCUT2D eigenvalue weighted by Crippen LogP contribution is -2.29. The van der Waals surface area contributed by atoms with E-state index in [9.17, 15) is 14.7 Å². The number of aromatic hydroxyl groups is 1. The molecule has 0 fully saturated rings. The first-order valence-electron chi connectivity index (χ1n) is 6.13. The van der Waals surface area contributed by atoms with Crippen molar-refractivity contribution in [2.24, 2.45) is 0 Å². The summed E-state index contributed by atoms with van der Waals surface area (Å²) in [6, 6.07) is 11.1. The molecule has 2 aromatic carbocycles. The van der Waals surface area contributed by atoms with Crippen molar-refractivity contribution < 1.29 is 14.7 Å². The number of phenols is 1. The molecule has 0 unspecified atom stereocenters. The van der Waals surface area contributed by atoms with Crippen molar-refractivity contribution in [3.05, 3.63) is 53.1 Å². The van der Waals surface area contributed by atoms with Gasteiger partial charge in [0.15, 0.2) is 0 Å². The topological polar surface area (TPSA) is 78.4 Å². The summed E-state index contributed by atoms with van der Waals surface area (Å²) in [5.74, 6) is -1.80. The Morgan fingerprint density at radius 3 is 2.24 bits per heavy atom. The molecule has 0 saturated carbocycles. The van der Waals surface area contributed by atoms with Gasteiger partial charge in [-0.15, -0.1) is 0 Å². The predicted octanol–water partition coefficient (Wildman–Crippen LogP) is 2.93. The molecule has 0 heterocycles. The number of hydrogen-bond donors (Lipinski definition) is 3. The smallest absolute Gasteiger partial charge is 0.314 e. The highest BCUT2D eigenvalue weighted by molar-refractivity contribution is 6.43. The van der Waals surface area contributed by atoms with Gasteiger partial charge >= 0.3 is 11.8 Å². The zero-order chi connectivity index (χ0) is 15.4. The highest BCUT2D eigenvalue weighted by Gasteiger charge is 2.15. The highest BCUT2D eigenvalue weighted by atomic mass is 35.5. The number of carbonyl (C=O) groups is 2. The Morgan fingerprint density at radius 2 is 1.62 bits per heavy atom. The van der Waals surface area contributed by atoms with Crippen LogP contribution >= 0.6 is 11.6 Å². The Hall–Kier alpha value is -2.53. The number of amides is 2. The quantitative estimate of drug-likeness (QED) is 0.589.